The zero-order chi connectivity index (χ0) is 15.4. The van der Waals surface area contributed by atoms with Crippen LogP contribution in [0.5, 0.6) is 0 Å². The van der Waals surface area contributed by atoms with Crippen LogP contribution in [-0.2, 0) is 4.79 Å². The van der Waals surface area contributed by atoms with Gasteiger partial charge in [0.25, 0.3) is 0 Å². The van der Waals surface area contributed by atoms with Crippen LogP contribution in [0.25, 0.3) is 0 Å². The number of nitrogens with one attached hydrogen (secondary N) is 1. The zero-order valence-corrected chi connectivity index (χ0v) is 13.8. The Hall–Kier alpha value is -1.31. The fraction of sp³-hybridized carbons (Fsp3) is 0.650. The smallest absolute Gasteiger partial charge is 0.132 e. The molecule has 0 saturated carbocycles. The molecule has 1 saturated heterocycles. The summed E-state index contributed by atoms with van der Waals surface area (Å²) in [4.78, 5) is 12.1. The molecule has 1 fully saturated rings. The predicted molar refractivity (Wildman–Crippen MR) is 91.3 cm³/mol. The molecule has 1 heterocycles. The largest absolute Gasteiger partial charge is 0.388 e. The molecular weight excluding hydrogens is 270 g/mol. The Balaban J connectivity index is 1.60. The topological polar surface area (TPSA) is 29.1 Å². The highest BCUT2D eigenvalue weighted by Gasteiger charge is 2.40. The standard InChI is InChI=1S/C20H29NO/c1-2-3-4-8-16(22)10-11-19-18-12-13-21-20(19)14-15-7-5-6-9-17(15)18/h5-7,9,14-15,17-19,21H,2-4,8,10-13H2,1H3. The highest BCUT2D eigenvalue weighted by atomic mass is 16.1. The van der Waals surface area contributed by atoms with Gasteiger partial charge < -0.3 is 5.32 Å². The van der Waals surface area contributed by atoms with Crippen molar-refractivity contribution >= 4 is 5.78 Å². The van der Waals surface area contributed by atoms with E-state index in [-0.39, 0.29) is 0 Å². The number of rotatable bonds is 7. The van der Waals surface area contributed by atoms with Gasteiger partial charge in [0, 0.05) is 36.9 Å². The van der Waals surface area contributed by atoms with Gasteiger partial charge in [-0.2, -0.15) is 0 Å². The predicted octanol–water partition coefficient (Wildman–Crippen LogP) is 4.40. The van der Waals surface area contributed by atoms with Gasteiger partial charge in [0.2, 0.25) is 0 Å². The third-order valence-corrected chi connectivity index (χ3v) is 5.61. The van der Waals surface area contributed by atoms with Gasteiger partial charge in [-0.3, -0.25) is 4.79 Å². The minimum Gasteiger partial charge on any atom is -0.388 e. The number of fused-ring (bicyclic) bond motifs is 4. The molecule has 1 aliphatic heterocycles. The van der Waals surface area contributed by atoms with E-state index in [0.29, 0.717) is 23.5 Å². The van der Waals surface area contributed by atoms with E-state index in [4.69, 9.17) is 0 Å². The van der Waals surface area contributed by atoms with Gasteiger partial charge in [-0.1, -0.05) is 50.1 Å². The normalized spacial score (nSPS) is 32.1. The van der Waals surface area contributed by atoms with Crippen LogP contribution in [0.15, 0.2) is 36.1 Å². The molecule has 1 N–H and O–H groups in total. The summed E-state index contributed by atoms with van der Waals surface area (Å²) in [5.74, 6) is 2.97. The summed E-state index contributed by atoms with van der Waals surface area (Å²) in [7, 11) is 0. The van der Waals surface area contributed by atoms with E-state index in [2.05, 4.69) is 42.6 Å². The van der Waals surface area contributed by atoms with Crippen LogP contribution in [0, 0.1) is 23.7 Å². The van der Waals surface area contributed by atoms with Gasteiger partial charge in [0.05, 0.1) is 0 Å². The molecule has 120 valence electrons. The summed E-state index contributed by atoms with van der Waals surface area (Å²) in [5.41, 5.74) is 1.42. The van der Waals surface area contributed by atoms with Crippen molar-refractivity contribution in [3.05, 3.63) is 36.1 Å². The average Bonchev–Trinajstić information content (AvgIpc) is 2.53. The molecule has 2 bridgehead atoms. The number of ketones is 1. The highest BCUT2D eigenvalue weighted by Crippen LogP contribution is 2.45. The Bertz CT molecular complexity index is 488. The zero-order valence-electron chi connectivity index (χ0n) is 13.8. The fourth-order valence-corrected chi connectivity index (χ4v) is 4.42. The number of piperidine rings is 1. The lowest BCUT2D eigenvalue weighted by atomic mass is 9.64. The van der Waals surface area contributed by atoms with Crippen LogP contribution in [0.3, 0.4) is 0 Å². The number of hydrogen-bond acceptors (Lipinski definition) is 2. The first-order valence-electron chi connectivity index (χ1n) is 9.12. The second kappa shape index (κ2) is 7.30. The molecule has 3 aliphatic rings. The maximum Gasteiger partial charge on any atom is 0.132 e. The van der Waals surface area contributed by atoms with Crippen LogP contribution in [0.4, 0.5) is 0 Å². The SMILES string of the molecule is CCCCCC(=O)CCC1C2=CC3C=CC=CC3C1CCN2. The maximum absolute atomic E-state index is 12.1. The molecular formula is C20H29NO. The highest BCUT2D eigenvalue weighted by molar-refractivity contribution is 5.78. The average molecular weight is 299 g/mol. The summed E-state index contributed by atoms with van der Waals surface area (Å²) >= 11 is 0. The maximum atomic E-state index is 12.1. The molecule has 0 amide bonds. The number of Topliss-reactive ketones (excluding diaryl/α,β-unsaturated/α-hetero) is 1. The van der Waals surface area contributed by atoms with E-state index in [1.807, 2.05) is 0 Å². The minimum atomic E-state index is 0.466. The first-order chi connectivity index (χ1) is 10.8. The number of carbonyl (C=O) groups is 1. The van der Waals surface area contributed by atoms with Gasteiger partial charge in [-0.05, 0) is 31.1 Å². The van der Waals surface area contributed by atoms with E-state index in [9.17, 15) is 4.79 Å². The molecule has 2 heteroatoms. The molecule has 2 aliphatic carbocycles. The molecule has 0 aromatic carbocycles. The van der Waals surface area contributed by atoms with Crippen molar-refractivity contribution in [2.75, 3.05) is 6.54 Å². The Morgan fingerprint density at radius 1 is 1.23 bits per heavy atom. The van der Waals surface area contributed by atoms with Gasteiger partial charge in [0.1, 0.15) is 5.78 Å². The lowest BCUT2D eigenvalue weighted by Gasteiger charge is -2.45. The van der Waals surface area contributed by atoms with Gasteiger partial charge in [-0.15, -0.1) is 0 Å². The molecule has 4 unspecified atom stereocenters. The third kappa shape index (κ3) is 3.37. The Labute approximate surface area is 134 Å². The molecule has 22 heavy (non-hydrogen) atoms. The lowest BCUT2D eigenvalue weighted by Crippen LogP contribution is -2.43. The molecule has 4 atom stereocenters. The first kappa shape index (κ1) is 15.6. The number of hydrogen-bond donors (Lipinski definition) is 1. The monoisotopic (exact) mass is 299 g/mol. The van der Waals surface area contributed by atoms with Crippen molar-refractivity contribution in [3.8, 4) is 0 Å². The number of allylic oxidation sites excluding steroid dienone is 6. The fourth-order valence-electron chi connectivity index (χ4n) is 4.42. The van der Waals surface area contributed by atoms with Crippen LogP contribution in [0.2, 0.25) is 0 Å². The third-order valence-electron chi connectivity index (χ3n) is 5.61. The van der Waals surface area contributed by atoms with Crippen molar-refractivity contribution in [2.45, 2.75) is 51.9 Å². The van der Waals surface area contributed by atoms with Crippen LogP contribution >= 0.6 is 0 Å². The Morgan fingerprint density at radius 3 is 2.95 bits per heavy atom. The van der Waals surface area contributed by atoms with E-state index >= 15 is 0 Å². The Morgan fingerprint density at radius 2 is 2.09 bits per heavy atom. The van der Waals surface area contributed by atoms with Crippen LogP contribution in [0.1, 0.15) is 51.9 Å². The number of carbonyl (C=O) groups excluding carboxylic acids is 1. The van der Waals surface area contributed by atoms with Crippen molar-refractivity contribution < 1.29 is 4.79 Å². The van der Waals surface area contributed by atoms with Crippen LogP contribution in [-0.4, -0.2) is 12.3 Å². The van der Waals surface area contributed by atoms with Crippen molar-refractivity contribution in [3.63, 3.8) is 0 Å². The van der Waals surface area contributed by atoms with Crippen molar-refractivity contribution in [2.24, 2.45) is 23.7 Å². The Kier molecular flexibility index (Phi) is 5.17. The lowest BCUT2D eigenvalue weighted by molar-refractivity contribution is -0.119. The van der Waals surface area contributed by atoms with Crippen molar-refractivity contribution in [1.29, 1.82) is 0 Å². The van der Waals surface area contributed by atoms with E-state index in [0.717, 1.165) is 38.1 Å². The van der Waals surface area contributed by atoms with Gasteiger partial charge in [-0.25, -0.2) is 0 Å². The van der Waals surface area contributed by atoms with Gasteiger partial charge in [0.15, 0.2) is 0 Å². The summed E-state index contributed by atoms with van der Waals surface area (Å²) < 4.78 is 0. The number of unbranched alkanes of at least 4 members (excludes halogenated alkanes) is 2. The summed E-state index contributed by atoms with van der Waals surface area (Å²) in [6.07, 6.45) is 18.8. The molecule has 0 radical (unpaired) electrons. The second-order valence-corrected chi connectivity index (χ2v) is 7.07. The summed E-state index contributed by atoms with van der Waals surface area (Å²) in [6.45, 7) is 3.28. The first-order valence-corrected chi connectivity index (χ1v) is 9.12. The van der Waals surface area contributed by atoms with Crippen molar-refractivity contribution in [1.82, 2.24) is 5.32 Å². The molecule has 3 rings (SSSR count). The summed E-state index contributed by atoms with van der Waals surface area (Å²) in [6, 6.07) is 0. The molecule has 2 nitrogen and oxygen atoms in total. The van der Waals surface area contributed by atoms with Crippen LogP contribution < -0.4 is 5.32 Å². The van der Waals surface area contributed by atoms with E-state index in [1.54, 1.807) is 0 Å². The molecule has 0 aromatic heterocycles. The minimum absolute atomic E-state index is 0.466. The van der Waals surface area contributed by atoms with Gasteiger partial charge >= 0.3 is 0 Å². The summed E-state index contributed by atoms with van der Waals surface area (Å²) in [5, 5.41) is 3.60. The van der Waals surface area contributed by atoms with E-state index in [1.165, 1.54) is 25.0 Å². The van der Waals surface area contributed by atoms with E-state index < -0.39 is 0 Å². The molecule has 0 spiro atoms. The quantitative estimate of drug-likeness (QED) is 0.706. The molecule has 0 aromatic rings. The second-order valence-electron chi connectivity index (χ2n) is 7.07.